The molecule has 382 valence electrons. The standard InChI is InChI=1S/C73H52N4O2S/c1-51-45-53(37-42-65(51)52-35-40-64(41-36-52)80(78,79)63-29-15-6-16-30-63)54-46-61(76-70-33-19-17-31-66(70)68-49-59(38-43-72(68)76)74(55-21-7-2-8-22-55)56-23-9-3-10-24-56)48-62(47-54)77-71-34-20-18-32-67(71)69-50-60(39-44-73(69)77)75(57-25-11-4-12-26-57)58-27-13-5-14-28-58/h2-50H,1H3. The molecule has 0 amide bonds. The molecule has 0 atom stereocenters. The lowest BCUT2D eigenvalue weighted by Crippen LogP contribution is -2.09. The molecule has 14 aromatic rings. The van der Waals surface area contributed by atoms with E-state index in [0.29, 0.717) is 0 Å². The predicted molar refractivity (Wildman–Crippen MR) is 332 cm³/mol. The molecule has 2 aromatic heterocycles. The van der Waals surface area contributed by atoms with Gasteiger partial charge in [0, 0.05) is 67.0 Å². The van der Waals surface area contributed by atoms with Gasteiger partial charge < -0.3 is 18.9 Å². The molecule has 14 rings (SSSR count). The second kappa shape index (κ2) is 20.0. The van der Waals surface area contributed by atoms with Crippen LogP contribution in [-0.4, -0.2) is 17.6 Å². The Balaban J connectivity index is 0.958. The van der Waals surface area contributed by atoms with E-state index in [1.165, 1.54) is 0 Å². The smallest absolute Gasteiger partial charge is 0.206 e. The van der Waals surface area contributed by atoms with E-state index < -0.39 is 9.84 Å². The highest BCUT2D eigenvalue weighted by Gasteiger charge is 2.23. The SMILES string of the molecule is Cc1cc(-c2cc(-n3c4ccccc4c4cc(N(c5ccccc5)c5ccccc5)ccc43)cc(-n3c4ccccc4c4cc(N(c5ccccc5)c5ccccc5)ccc43)c2)ccc1-c1ccc(S(=O)(=O)c2ccccc2)cc1. The summed E-state index contributed by atoms with van der Waals surface area (Å²) in [5, 5.41) is 4.61. The maximum Gasteiger partial charge on any atom is 0.206 e. The maximum absolute atomic E-state index is 13.6. The number of rotatable bonds is 12. The minimum Gasteiger partial charge on any atom is -0.310 e. The van der Waals surface area contributed by atoms with Crippen LogP contribution in [0.1, 0.15) is 5.56 Å². The van der Waals surface area contributed by atoms with Crippen molar-refractivity contribution in [2.45, 2.75) is 16.7 Å². The first-order chi connectivity index (χ1) is 39.4. The van der Waals surface area contributed by atoms with Crippen LogP contribution in [0.25, 0.3) is 77.2 Å². The van der Waals surface area contributed by atoms with Crippen molar-refractivity contribution in [3.63, 3.8) is 0 Å². The number of fused-ring (bicyclic) bond motifs is 6. The molecule has 80 heavy (non-hydrogen) atoms. The molecule has 0 bridgehead atoms. The molecule has 0 saturated carbocycles. The summed E-state index contributed by atoms with van der Waals surface area (Å²) in [6.07, 6.45) is 0. The summed E-state index contributed by atoms with van der Waals surface area (Å²) in [6.45, 7) is 2.13. The van der Waals surface area contributed by atoms with Gasteiger partial charge in [-0.1, -0.05) is 158 Å². The van der Waals surface area contributed by atoms with Crippen LogP contribution >= 0.6 is 0 Å². The molecule has 12 aromatic carbocycles. The van der Waals surface area contributed by atoms with Crippen LogP contribution in [0.5, 0.6) is 0 Å². The van der Waals surface area contributed by atoms with Gasteiger partial charge in [0.25, 0.3) is 0 Å². The third kappa shape index (κ3) is 8.48. The molecule has 0 aliphatic carbocycles. The van der Waals surface area contributed by atoms with Crippen molar-refractivity contribution < 1.29 is 8.42 Å². The second-order valence-electron chi connectivity index (χ2n) is 20.2. The summed E-state index contributed by atoms with van der Waals surface area (Å²) in [5.74, 6) is 0. The summed E-state index contributed by atoms with van der Waals surface area (Å²) in [4.78, 5) is 5.19. The number of anilines is 6. The molecule has 0 aliphatic rings. The van der Waals surface area contributed by atoms with Gasteiger partial charge in [-0.3, -0.25) is 0 Å². The van der Waals surface area contributed by atoms with Gasteiger partial charge in [-0.15, -0.1) is 0 Å². The van der Waals surface area contributed by atoms with Crippen LogP contribution in [0.3, 0.4) is 0 Å². The van der Waals surface area contributed by atoms with Gasteiger partial charge in [-0.05, 0) is 174 Å². The first-order valence-electron chi connectivity index (χ1n) is 26.9. The molecule has 0 N–H and O–H groups in total. The van der Waals surface area contributed by atoms with Crippen molar-refractivity contribution in [3.05, 3.63) is 303 Å². The maximum atomic E-state index is 13.6. The van der Waals surface area contributed by atoms with E-state index in [2.05, 4.69) is 269 Å². The number of sulfone groups is 1. The minimum atomic E-state index is -3.66. The highest BCUT2D eigenvalue weighted by molar-refractivity contribution is 7.91. The molecule has 6 nitrogen and oxygen atoms in total. The fourth-order valence-corrected chi connectivity index (χ4v) is 13.0. The molecule has 7 heteroatoms. The van der Waals surface area contributed by atoms with Crippen molar-refractivity contribution >= 4 is 87.6 Å². The quantitative estimate of drug-likeness (QED) is 0.122. The van der Waals surface area contributed by atoms with Gasteiger partial charge in [0.2, 0.25) is 9.84 Å². The van der Waals surface area contributed by atoms with E-state index in [-0.39, 0.29) is 9.79 Å². The topological polar surface area (TPSA) is 50.5 Å². The van der Waals surface area contributed by atoms with Gasteiger partial charge >= 0.3 is 0 Å². The van der Waals surface area contributed by atoms with Crippen molar-refractivity contribution in [3.8, 4) is 33.6 Å². The Morgan fingerprint density at radius 1 is 0.287 bits per heavy atom. The van der Waals surface area contributed by atoms with Gasteiger partial charge in [-0.2, -0.15) is 0 Å². The summed E-state index contributed by atoms with van der Waals surface area (Å²) < 4.78 is 32.0. The highest BCUT2D eigenvalue weighted by atomic mass is 32.2. The number of hydrogen-bond donors (Lipinski definition) is 0. The van der Waals surface area contributed by atoms with Gasteiger partial charge in [0.1, 0.15) is 0 Å². The lowest BCUT2D eigenvalue weighted by atomic mass is 9.95. The van der Waals surface area contributed by atoms with Crippen LogP contribution in [0.15, 0.2) is 307 Å². The summed E-state index contributed by atoms with van der Waals surface area (Å²) >= 11 is 0. The molecular formula is C73H52N4O2S. The van der Waals surface area contributed by atoms with Gasteiger partial charge in [-0.25, -0.2) is 8.42 Å². The largest absolute Gasteiger partial charge is 0.310 e. The normalized spacial score (nSPS) is 11.7. The Morgan fingerprint density at radius 2 is 0.662 bits per heavy atom. The zero-order chi connectivity index (χ0) is 53.7. The van der Waals surface area contributed by atoms with Crippen LogP contribution < -0.4 is 9.80 Å². The number of para-hydroxylation sites is 6. The van der Waals surface area contributed by atoms with E-state index >= 15 is 0 Å². The predicted octanol–water partition coefficient (Wildman–Crippen LogP) is 19.3. The number of hydrogen-bond acceptors (Lipinski definition) is 4. The zero-order valence-electron chi connectivity index (χ0n) is 43.8. The zero-order valence-corrected chi connectivity index (χ0v) is 44.6. The van der Waals surface area contributed by atoms with E-state index in [0.717, 1.165) is 117 Å². The lowest BCUT2D eigenvalue weighted by Gasteiger charge is -2.25. The second-order valence-corrected chi connectivity index (χ2v) is 22.2. The summed E-state index contributed by atoms with van der Waals surface area (Å²) in [7, 11) is -3.66. The van der Waals surface area contributed by atoms with Crippen LogP contribution in [0, 0.1) is 6.92 Å². The first kappa shape index (κ1) is 48.2. The minimum absolute atomic E-state index is 0.267. The van der Waals surface area contributed by atoms with Crippen molar-refractivity contribution in [2.24, 2.45) is 0 Å². The molecule has 0 fully saturated rings. The first-order valence-corrected chi connectivity index (χ1v) is 28.4. The van der Waals surface area contributed by atoms with Crippen molar-refractivity contribution in [1.29, 1.82) is 0 Å². The Hall–Kier alpha value is -10.2. The van der Waals surface area contributed by atoms with E-state index in [4.69, 9.17) is 0 Å². The van der Waals surface area contributed by atoms with E-state index in [1.54, 1.807) is 36.4 Å². The number of nitrogens with zero attached hydrogens (tertiary/aromatic N) is 4. The monoisotopic (exact) mass is 1050 g/mol. The van der Waals surface area contributed by atoms with Gasteiger partial charge in [0.05, 0.1) is 31.9 Å². The van der Waals surface area contributed by atoms with Crippen molar-refractivity contribution in [2.75, 3.05) is 9.80 Å². The molecular weight excluding hydrogens is 997 g/mol. The summed E-state index contributed by atoms with van der Waals surface area (Å²) in [5.41, 5.74) is 18.1. The van der Waals surface area contributed by atoms with Crippen LogP contribution in [0.4, 0.5) is 34.1 Å². The van der Waals surface area contributed by atoms with E-state index in [9.17, 15) is 8.42 Å². The number of aryl methyl sites for hydroxylation is 1. The Labute approximate surface area is 465 Å². The molecule has 0 unspecified atom stereocenters. The Kier molecular flexibility index (Phi) is 12.0. The number of aromatic nitrogens is 2. The average molecular weight is 1050 g/mol. The Bertz CT molecular complexity index is 4420. The van der Waals surface area contributed by atoms with Crippen molar-refractivity contribution in [1.82, 2.24) is 9.13 Å². The van der Waals surface area contributed by atoms with E-state index in [1.807, 2.05) is 18.2 Å². The molecule has 2 heterocycles. The lowest BCUT2D eigenvalue weighted by molar-refractivity contribution is 0.596. The average Bonchev–Trinajstić information content (AvgIpc) is 4.12. The molecule has 0 saturated heterocycles. The Morgan fingerprint density at radius 3 is 1.10 bits per heavy atom. The van der Waals surface area contributed by atoms with Crippen LogP contribution in [0.2, 0.25) is 0 Å². The molecule has 0 aliphatic heterocycles. The fourth-order valence-electron chi connectivity index (χ4n) is 11.7. The van der Waals surface area contributed by atoms with Gasteiger partial charge in [0.15, 0.2) is 0 Å². The molecule has 0 spiro atoms. The third-order valence-electron chi connectivity index (χ3n) is 15.4. The third-order valence-corrected chi connectivity index (χ3v) is 17.2. The number of benzene rings is 12. The highest BCUT2D eigenvalue weighted by Crippen LogP contribution is 2.44. The molecule has 0 radical (unpaired) electrons. The summed E-state index contributed by atoms with van der Waals surface area (Å²) in [6, 6.07) is 103. The fraction of sp³-hybridized carbons (Fsp3) is 0.0137. The van der Waals surface area contributed by atoms with Crippen LogP contribution in [-0.2, 0) is 9.84 Å².